The Balaban J connectivity index is 6.48. The zero-order valence-corrected chi connectivity index (χ0v) is 26.7. The number of aliphatic hydroxyl groups is 1. The van der Waals surface area contributed by atoms with E-state index in [1.54, 1.807) is 0 Å². The molecule has 0 heterocycles. The van der Waals surface area contributed by atoms with Crippen LogP contribution in [0.25, 0.3) is 0 Å². The van der Waals surface area contributed by atoms with Crippen molar-refractivity contribution in [3.8, 4) is 0 Å². The summed E-state index contributed by atoms with van der Waals surface area (Å²) in [5.41, 5.74) is 0. The number of sulfonamides is 1. The Morgan fingerprint density at radius 1 is 0.667 bits per heavy atom. The van der Waals surface area contributed by atoms with Crippen LogP contribution in [-0.4, -0.2) is 127 Å². The molecule has 1 atom stereocenters. The molecule has 0 saturated heterocycles. The molecule has 0 spiro atoms. The molecule has 0 aromatic carbocycles. The first kappa shape index (κ1) is 46.7. The standard InChI is InChI=1S/C21H30F17NO7SSi/c1-5-6-8-39(11-13(40)12-46-9-7-10-48(43-2,44-3)45-4)47(41,42)21(37,38)19(32,33)17(28,29)15(24,25)14(22,23)16(26,27)18(30,31)20(34,35)36/h13,40H,5-12H2,1-4H3. The second kappa shape index (κ2) is 15.5. The lowest BCUT2D eigenvalue weighted by atomic mass is 9.91. The Morgan fingerprint density at radius 2 is 1.06 bits per heavy atom. The molecule has 0 rings (SSSR count). The first-order valence-corrected chi connectivity index (χ1v) is 16.2. The Kier molecular flexibility index (Phi) is 15.1. The second-order valence-electron chi connectivity index (χ2n) is 9.81. The van der Waals surface area contributed by atoms with Crippen molar-refractivity contribution in [2.24, 2.45) is 0 Å². The second-order valence-corrected chi connectivity index (χ2v) is 14.9. The van der Waals surface area contributed by atoms with Crippen molar-refractivity contribution in [2.75, 3.05) is 47.6 Å². The van der Waals surface area contributed by atoms with Gasteiger partial charge < -0.3 is 23.1 Å². The van der Waals surface area contributed by atoms with Gasteiger partial charge in [-0.05, 0) is 12.8 Å². The van der Waals surface area contributed by atoms with Crippen LogP contribution in [0, 0.1) is 0 Å². The Hall–Kier alpha value is -1.26. The highest BCUT2D eigenvalue weighted by molar-refractivity contribution is 7.90. The number of rotatable bonds is 22. The van der Waals surface area contributed by atoms with Crippen LogP contribution in [0.2, 0.25) is 6.04 Å². The van der Waals surface area contributed by atoms with Crippen LogP contribution >= 0.6 is 0 Å². The number of alkyl halides is 17. The predicted octanol–water partition coefficient (Wildman–Crippen LogP) is 6.03. The number of halogens is 17. The summed E-state index contributed by atoms with van der Waals surface area (Å²) in [6.45, 7) is -3.28. The molecular formula is C21H30F17NO7SSi. The lowest BCUT2D eigenvalue weighted by Gasteiger charge is -2.43. The van der Waals surface area contributed by atoms with Gasteiger partial charge in [-0.1, -0.05) is 13.3 Å². The maximum atomic E-state index is 14.7. The number of hydrogen-bond donors (Lipinski definition) is 1. The molecule has 27 heteroatoms. The van der Waals surface area contributed by atoms with E-state index >= 15 is 0 Å². The van der Waals surface area contributed by atoms with E-state index in [-0.39, 0.29) is 25.5 Å². The first-order chi connectivity index (χ1) is 21.2. The maximum absolute atomic E-state index is 14.7. The highest BCUT2D eigenvalue weighted by Crippen LogP contribution is 2.64. The fraction of sp³-hybridized carbons (Fsp3) is 1.00. The molecule has 0 aliphatic rings. The van der Waals surface area contributed by atoms with Gasteiger partial charge >= 0.3 is 55.8 Å². The lowest BCUT2D eigenvalue weighted by Crippen LogP contribution is -2.75. The zero-order chi connectivity index (χ0) is 38.6. The molecule has 0 amide bonds. The number of ether oxygens (including phenoxy) is 1. The highest BCUT2D eigenvalue weighted by Gasteiger charge is 2.96. The van der Waals surface area contributed by atoms with Crippen LogP contribution in [0.5, 0.6) is 0 Å². The van der Waals surface area contributed by atoms with Crippen molar-refractivity contribution in [1.82, 2.24) is 4.31 Å². The molecule has 0 bridgehead atoms. The highest BCUT2D eigenvalue weighted by atomic mass is 32.2. The van der Waals surface area contributed by atoms with E-state index in [9.17, 15) is 88.2 Å². The molecule has 0 aliphatic carbocycles. The SMILES string of the molecule is CCCCN(CC(O)COCCC[Si](OC)(OC)OC)S(=O)(=O)C(F)(F)C(F)(F)C(F)(F)C(F)(F)C(F)(F)C(F)(F)C(F)(F)C(F)(F)F. The summed E-state index contributed by atoms with van der Waals surface area (Å²) in [5.74, 6) is -52.1. The summed E-state index contributed by atoms with van der Waals surface area (Å²) in [7, 11) is -6.99. The summed E-state index contributed by atoms with van der Waals surface area (Å²) in [6, 6.07) is 0.0720. The molecule has 0 saturated carbocycles. The fourth-order valence-corrected chi connectivity index (χ4v) is 6.78. The van der Waals surface area contributed by atoms with Gasteiger partial charge in [-0.15, -0.1) is 0 Å². The molecule has 0 radical (unpaired) electrons. The van der Waals surface area contributed by atoms with Crippen LogP contribution < -0.4 is 0 Å². The van der Waals surface area contributed by atoms with Crippen LogP contribution in [0.4, 0.5) is 74.6 Å². The Labute approximate surface area is 262 Å². The number of unbranched alkanes of at least 4 members (excludes halogenated alkanes) is 1. The molecule has 0 aromatic heterocycles. The van der Waals surface area contributed by atoms with Gasteiger partial charge in [-0.2, -0.15) is 78.9 Å². The van der Waals surface area contributed by atoms with E-state index < -0.39 is 102 Å². The van der Waals surface area contributed by atoms with Crippen LogP contribution in [-0.2, 0) is 28.0 Å². The van der Waals surface area contributed by atoms with E-state index in [2.05, 4.69) is 0 Å². The van der Waals surface area contributed by atoms with Crippen molar-refractivity contribution in [1.29, 1.82) is 0 Å². The molecule has 0 aliphatic heterocycles. The van der Waals surface area contributed by atoms with E-state index in [1.165, 1.54) is 28.3 Å². The third-order valence-electron chi connectivity index (χ3n) is 6.55. The van der Waals surface area contributed by atoms with Gasteiger partial charge in [0.1, 0.15) is 0 Å². The Morgan fingerprint density at radius 3 is 1.44 bits per heavy atom. The third-order valence-corrected chi connectivity index (χ3v) is 11.3. The van der Waals surface area contributed by atoms with Crippen molar-refractivity contribution < 1.29 is 106 Å². The molecule has 0 aromatic rings. The smallest absolute Gasteiger partial charge is 0.389 e. The monoisotopic (exact) mass is 791 g/mol. The average Bonchev–Trinajstić information content (AvgIpc) is 2.95. The van der Waals surface area contributed by atoms with Gasteiger partial charge in [0.2, 0.25) is 0 Å². The third kappa shape index (κ3) is 8.11. The largest absolute Gasteiger partial charge is 0.500 e. The molecule has 8 nitrogen and oxygen atoms in total. The number of hydrogen-bond acceptors (Lipinski definition) is 7. The van der Waals surface area contributed by atoms with E-state index in [0.29, 0.717) is 0 Å². The summed E-state index contributed by atoms with van der Waals surface area (Å²) in [5, 5.41) is 2.32. The minimum atomic E-state index is -8.93. The quantitative estimate of drug-likeness (QED) is 0.0814. The van der Waals surface area contributed by atoms with Crippen molar-refractivity contribution in [2.45, 2.75) is 85.3 Å². The van der Waals surface area contributed by atoms with E-state index in [1.807, 2.05) is 0 Å². The molecule has 1 unspecified atom stereocenters. The first-order valence-electron chi connectivity index (χ1n) is 12.9. The summed E-state index contributed by atoms with van der Waals surface area (Å²) >= 11 is 0. The van der Waals surface area contributed by atoms with Gasteiger partial charge in [0.15, 0.2) is 0 Å². The lowest BCUT2D eigenvalue weighted by molar-refractivity contribution is -0.458. The Bertz CT molecular complexity index is 1130. The molecule has 290 valence electrons. The average molecular weight is 792 g/mol. The number of nitrogens with zero attached hydrogens (tertiary/aromatic N) is 1. The minimum Gasteiger partial charge on any atom is -0.389 e. The maximum Gasteiger partial charge on any atom is 0.500 e. The normalized spacial score (nSPS) is 16.1. The van der Waals surface area contributed by atoms with Gasteiger partial charge in [-0.3, -0.25) is 0 Å². The summed E-state index contributed by atoms with van der Waals surface area (Å²) in [6.07, 6.45) is -11.0. The minimum absolute atomic E-state index is 0.0402. The van der Waals surface area contributed by atoms with E-state index in [4.69, 9.17) is 18.0 Å². The van der Waals surface area contributed by atoms with Gasteiger partial charge in [0.25, 0.3) is 10.0 Å². The molecule has 48 heavy (non-hydrogen) atoms. The fourth-order valence-electron chi connectivity index (χ4n) is 3.57. The molecular weight excluding hydrogens is 761 g/mol. The topological polar surface area (TPSA) is 94.5 Å². The van der Waals surface area contributed by atoms with Crippen LogP contribution in [0.15, 0.2) is 0 Å². The van der Waals surface area contributed by atoms with Gasteiger partial charge in [0, 0.05) is 47.1 Å². The van der Waals surface area contributed by atoms with Crippen LogP contribution in [0.1, 0.15) is 26.2 Å². The van der Waals surface area contributed by atoms with Crippen molar-refractivity contribution >= 4 is 18.8 Å². The van der Waals surface area contributed by atoms with Gasteiger partial charge in [0.05, 0.1) is 12.7 Å². The summed E-state index contributed by atoms with van der Waals surface area (Å²) < 4.78 is 276. The zero-order valence-electron chi connectivity index (χ0n) is 24.9. The molecule has 0 fully saturated rings. The predicted molar refractivity (Wildman–Crippen MR) is 129 cm³/mol. The van der Waals surface area contributed by atoms with Crippen molar-refractivity contribution in [3.63, 3.8) is 0 Å². The van der Waals surface area contributed by atoms with Crippen LogP contribution in [0.3, 0.4) is 0 Å². The van der Waals surface area contributed by atoms with Crippen molar-refractivity contribution in [3.05, 3.63) is 0 Å². The summed E-state index contributed by atoms with van der Waals surface area (Å²) in [4.78, 5) is 0. The molecule has 1 N–H and O–H groups in total. The number of aliphatic hydroxyl groups excluding tert-OH is 1. The van der Waals surface area contributed by atoms with Gasteiger partial charge in [-0.25, -0.2) is 8.42 Å². The van der Waals surface area contributed by atoms with E-state index in [0.717, 1.165) is 0 Å².